The molecule has 0 radical (unpaired) electrons. The molecular formula is C27H39F2NO2. The minimum absolute atomic E-state index is 0.0478. The molecule has 0 aliphatic carbocycles. The molecule has 1 atom stereocenters. The Balaban J connectivity index is 1.77. The molecule has 5 heteroatoms. The molecule has 2 aromatic rings. The van der Waals surface area contributed by atoms with Gasteiger partial charge in [0.15, 0.2) is 0 Å². The summed E-state index contributed by atoms with van der Waals surface area (Å²) in [6.07, 6.45) is 12.5. The van der Waals surface area contributed by atoms with Gasteiger partial charge in [-0.15, -0.1) is 0 Å². The van der Waals surface area contributed by atoms with E-state index in [0.717, 1.165) is 32.1 Å². The number of ether oxygens (including phenoxy) is 2. The molecule has 32 heavy (non-hydrogen) atoms. The van der Waals surface area contributed by atoms with Crippen LogP contribution in [0.1, 0.15) is 84.5 Å². The Bertz CT molecular complexity index is 752. The van der Waals surface area contributed by atoms with E-state index in [2.05, 4.69) is 18.8 Å². The van der Waals surface area contributed by atoms with E-state index in [1.165, 1.54) is 38.2 Å². The average Bonchev–Trinajstić information content (AvgIpc) is 2.80. The first-order valence-electron chi connectivity index (χ1n) is 12.3. The Labute approximate surface area is 192 Å². The molecule has 178 valence electrons. The van der Waals surface area contributed by atoms with Crippen molar-refractivity contribution in [2.45, 2.75) is 90.6 Å². The largest absolute Gasteiger partial charge is 0.492 e. The standard InChI is InChI=1S/C27H39F2NO2/c1-3-5-7-9-10-12-18-31-24-15-17-27(30-20-24)25-16-14-23(19-26(25)29)32-21-22(28)13-11-8-6-4-2/h14-17,19-20,22H,3-13,18,21H2,1-2H3. The zero-order chi connectivity index (χ0) is 23.0. The van der Waals surface area contributed by atoms with Crippen molar-refractivity contribution in [1.29, 1.82) is 0 Å². The lowest BCUT2D eigenvalue weighted by Crippen LogP contribution is -2.12. The van der Waals surface area contributed by atoms with Gasteiger partial charge in [0.1, 0.15) is 30.1 Å². The van der Waals surface area contributed by atoms with E-state index in [4.69, 9.17) is 9.47 Å². The molecule has 1 aromatic heterocycles. The Morgan fingerprint density at radius 3 is 2.19 bits per heavy atom. The van der Waals surface area contributed by atoms with Gasteiger partial charge in [0.05, 0.1) is 18.5 Å². The normalized spacial score (nSPS) is 12.0. The molecule has 3 nitrogen and oxygen atoms in total. The predicted molar refractivity (Wildman–Crippen MR) is 128 cm³/mol. The van der Waals surface area contributed by atoms with Crippen molar-refractivity contribution in [2.24, 2.45) is 0 Å². The lowest BCUT2D eigenvalue weighted by atomic mass is 10.1. The highest BCUT2D eigenvalue weighted by molar-refractivity contribution is 5.61. The highest BCUT2D eigenvalue weighted by Gasteiger charge is 2.11. The number of halogens is 2. The molecule has 1 heterocycles. The van der Waals surface area contributed by atoms with Gasteiger partial charge in [-0.05, 0) is 37.1 Å². The number of aromatic nitrogens is 1. The zero-order valence-corrected chi connectivity index (χ0v) is 19.8. The lowest BCUT2D eigenvalue weighted by Gasteiger charge is -2.12. The second kappa shape index (κ2) is 15.6. The summed E-state index contributed by atoms with van der Waals surface area (Å²) in [5.74, 6) is 0.589. The van der Waals surface area contributed by atoms with E-state index in [1.54, 1.807) is 24.4 Å². The monoisotopic (exact) mass is 447 g/mol. The van der Waals surface area contributed by atoms with Gasteiger partial charge in [0.2, 0.25) is 0 Å². The number of hydrogen-bond acceptors (Lipinski definition) is 3. The number of benzene rings is 1. The number of alkyl halides is 1. The fourth-order valence-corrected chi connectivity index (χ4v) is 3.55. The van der Waals surface area contributed by atoms with Crippen molar-refractivity contribution in [3.63, 3.8) is 0 Å². The molecule has 0 fully saturated rings. The van der Waals surface area contributed by atoms with Crippen LogP contribution < -0.4 is 9.47 Å². The molecule has 1 aromatic carbocycles. The maximum Gasteiger partial charge on any atom is 0.137 e. The summed E-state index contributed by atoms with van der Waals surface area (Å²) >= 11 is 0. The van der Waals surface area contributed by atoms with Crippen molar-refractivity contribution in [1.82, 2.24) is 4.98 Å². The van der Waals surface area contributed by atoms with Crippen LogP contribution >= 0.6 is 0 Å². The Morgan fingerprint density at radius 2 is 1.50 bits per heavy atom. The summed E-state index contributed by atoms with van der Waals surface area (Å²) in [5, 5.41) is 0. The third-order valence-corrected chi connectivity index (χ3v) is 5.52. The summed E-state index contributed by atoms with van der Waals surface area (Å²) in [5.41, 5.74) is 0.913. The fourth-order valence-electron chi connectivity index (χ4n) is 3.55. The SMILES string of the molecule is CCCCCCCCOc1ccc(-c2ccc(OCC(F)CCCCCC)cc2F)nc1. The van der Waals surface area contributed by atoms with Crippen LogP contribution in [0.2, 0.25) is 0 Å². The van der Waals surface area contributed by atoms with Crippen LogP contribution in [-0.4, -0.2) is 24.4 Å². The van der Waals surface area contributed by atoms with Gasteiger partial charge in [-0.3, -0.25) is 4.98 Å². The van der Waals surface area contributed by atoms with Gasteiger partial charge in [0.25, 0.3) is 0 Å². The third-order valence-electron chi connectivity index (χ3n) is 5.52. The van der Waals surface area contributed by atoms with Crippen LogP contribution in [0.25, 0.3) is 11.3 Å². The summed E-state index contributed by atoms with van der Waals surface area (Å²) in [6, 6.07) is 8.15. The van der Waals surface area contributed by atoms with E-state index in [1.807, 2.05) is 6.07 Å². The molecule has 0 saturated carbocycles. The van der Waals surface area contributed by atoms with Gasteiger partial charge >= 0.3 is 0 Å². The van der Waals surface area contributed by atoms with E-state index in [-0.39, 0.29) is 6.61 Å². The molecule has 0 N–H and O–H groups in total. The van der Waals surface area contributed by atoms with Crippen molar-refractivity contribution in [3.05, 3.63) is 42.3 Å². The Kier molecular flexibility index (Phi) is 12.7. The van der Waals surface area contributed by atoms with Crippen molar-refractivity contribution >= 4 is 0 Å². The summed E-state index contributed by atoms with van der Waals surface area (Å²) in [7, 11) is 0. The molecule has 0 bridgehead atoms. The summed E-state index contributed by atoms with van der Waals surface area (Å²) in [6.45, 7) is 4.96. The quantitative estimate of drug-likeness (QED) is 0.228. The van der Waals surface area contributed by atoms with E-state index in [0.29, 0.717) is 35.8 Å². The Hall–Kier alpha value is -2.17. The van der Waals surface area contributed by atoms with Crippen molar-refractivity contribution in [2.75, 3.05) is 13.2 Å². The predicted octanol–water partition coefficient (Wildman–Crippen LogP) is 8.31. The summed E-state index contributed by atoms with van der Waals surface area (Å²) < 4.78 is 39.7. The van der Waals surface area contributed by atoms with Crippen LogP contribution in [-0.2, 0) is 0 Å². The molecule has 0 amide bonds. The van der Waals surface area contributed by atoms with Crippen LogP contribution in [0.15, 0.2) is 36.5 Å². The van der Waals surface area contributed by atoms with E-state index >= 15 is 0 Å². The second-order valence-electron chi connectivity index (χ2n) is 8.39. The third kappa shape index (κ3) is 9.97. The molecule has 0 spiro atoms. The number of pyridine rings is 1. The zero-order valence-electron chi connectivity index (χ0n) is 19.8. The Morgan fingerprint density at radius 1 is 0.812 bits per heavy atom. The topological polar surface area (TPSA) is 31.4 Å². The van der Waals surface area contributed by atoms with Crippen molar-refractivity contribution in [3.8, 4) is 22.8 Å². The molecule has 0 aliphatic heterocycles. The molecular weight excluding hydrogens is 408 g/mol. The maximum atomic E-state index is 14.6. The van der Waals surface area contributed by atoms with Gasteiger partial charge in [0, 0.05) is 11.6 Å². The lowest BCUT2D eigenvalue weighted by molar-refractivity contribution is 0.183. The second-order valence-corrected chi connectivity index (χ2v) is 8.39. The maximum absolute atomic E-state index is 14.6. The smallest absolute Gasteiger partial charge is 0.137 e. The first-order valence-corrected chi connectivity index (χ1v) is 12.3. The molecule has 0 saturated heterocycles. The highest BCUT2D eigenvalue weighted by Crippen LogP contribution is 2.26. The average molecular weight is 448 g/mol. The molecule has 0 aliphatic rings. The summed E-state index contributed by atoms with van der Waals surface area (Å²) in [4.78, 5) is 4.34. The van der Waals surface area contributed by atoms with E-state index < -0.39 is 12.0 Å². The van der Waals surface area contributed by atoms with Crippen LogP contribution in [0.5, 0.6) is 11.5 Å². The molecule has 1 unspecified atom stereocenters. The highest BCUT2D eigenvalue weighted by atomic mass is 19.1. The van der Waals surface area contributed by atoms with Gasteiger partial charge in [-0.25, -0.2) is 8.78 Å². The van der Waals surface area contributed by atoms with E-state index in [9.17, 15) is 8.78 Å². The number of nitrogens with zero attached hydrogens (tertiary/aromatic N) is 1. The van der Waals surface area contributed by atoms with Crippen LogP contribution in [0, 0.1) is 5.82 Å². The minimum atomic E-state index is -1.03. The van der Waals surface area contributed by atoms with Crippen molar-refractivity contribution < 1.29 is 18.3 Å². The first kappa shape index (κ1) is 26.1. The van der Waals surface area contributed by atoms with Gasteiger partial charge < -0.3 is 9.47 Å². The first-order chi connectivity index (χ1) is 15.6. The number of hydrogen-bond donors (Lipinski definition) is 0. The number of unbranched alkanes of at least 4 members (excludes halogenated alkanes) is 8. The molecule has 2 rings (SSSR count). The fraction of sp³-hybridized carbons (Fsp3) is 0.593. The van der Waals surface area contributed by atoms with Crippen LogP contribution in [0.4, 0.5) is 8.78 Å². The van der Waals surface area contributed by atoms with Crippen LogP contribution in [0.3, 0.4) is 0 Å². The van der Waals surface area contributed by atoms with Gasteiger partial charge in [-0.1, -0.05) is 71.6 Å². The minimum Gasteiger partial charge on any atom is -0.492 e. The van der Waals surface area contributed by atoms with Gasteiger partial charge in [-0.2, -0.15) is 0 Å². The number of rotatable bonds is 17.